The molecule has 26 heavy (non-hydrogen) atoms. The molecular weight excluding hydrogens is 419 g/mol. The summed E-state index contributed by atoms with van der Waals surface area (Å²) in [6, 6.07) is 2.84. The topological polar surface area (TPSA) is 72.8 Å². The highest BCUT2D eigenvalue weighted by atomic mass is 35.8. The van der Waals surface area contributed by atoms with Gasteiger partial charge in [0.05, 0.1) is 6.61 Å². The lowest BCUT2D eigenvalue weighted by molar-refractivity contribution is -0.134. The number of halogens is 3. The molecule has 0 saturated heterocycles. The number of unbranched alkanes of at least 4 members (excludes halogenated alkanes) is 2. The maximum atomic E-state index is 12.0. The molecule has 0 aliphatic carbocycles. The number of aliphatic carboxylic acids is 1. The van der Waals surface area contributed by atoms with Gasteiger partial charge in [-0.15, -0.1) is 33.2 Å². The van der Waals surface area contributed by atoms with Gasteiger partial charge in [-0.05, 0) is 43.2 Å². The Hall–Kier alpha value is -1.21. The van der Waals surface area contributed by atoms with Gasteiger partial charge in [-0.25, -0.2) is 4.79 Å². The number of rotatable bonds is 11. The van der Waals surface area contributed by atoms with Crippen LogP contribution in [-0.4, -0.2) is 29.7 Å². The van der Waals surface area contributed by atoms with Crippen molar-refractivity contribution in [3.63, 3.8) is 0 Å². The summed E-state index contributed by atoms with van der Waals surface area (Å²) >= 11 is 17.4. The molecule has 9 heteroatoms. The Bertz CT molecular complexity index is 644. The molecule has 0 spiro atoms. The third-order valence-corrected chi connectivity index (χ3v) is 5.87. The van der Waals surface area contributed by atoms with E-state index in [0.29, 0.717) is 36.1 Å². The van der Waals surface area contributed by atoms with Crippen molar-refractivity contribution in [2.75, 3.05) is 6.61 Å². The summed E-state index contributed by atoms with van der Waals surface area (Å²) in [6.07, 6.45) is 4.92. The van der Waals surface area contributed by atoms with Crippen LogP contribution >= 0.6 is 33.2 Å². The highest BCUT2D eigenvalue weighted by Gasteiger charge is 2.23. The van der Waals surface area contributed by atoms with Crippen LogP contribution in [0.1, 0.15) is 38.2 Å². The Kier molecular flexibility index (Phi) is 10.1. The van der Waals surface area contributed by atoms with Gasteiger partial charge in [0, 0.05) is 12.5 Å². The smallest absolute Gasteiger partial charge is 0.341 e. The van der Waals surface area contributed by atoms with Crippen molar-refractivity contribution < 1.29 is 24.2 Å². The maximum Gasteiger partial charge on any atom is 0.341 e. The van der Waals surface area contributed by atoms with E-state index >= 15 is 0 Å². The summed E-state index contributed by atoms with van der Waals surface area (Å²) < 4.78 is 10.8. The van der Waals surface area contributed by atoms with Crippen LogP contribution in [0.2, 0.25) is 6.04 Å². The summed E-state index contributed by atoms with van der Waals surface area (Å²) in [5.74, 6) is -0.726. The molecule has 144 valence electrons. The van der Waals surface area contributed by atoms with E-state index < -0.39 is 12.0 Å². The van der Waals surface area contributed by atoms with Gasteiger partial charge in [0.25, 0.3) is 0 Å². The number of ether oxygens (including phenoxy) is 2. The second-order valence-electron chi connectivity index (χ2n) is 5.46. The van der Waals surface area contributed by atoms with E-state index in [-0.39, 0.29) is 12.4 Å². The lowest BCUT2D eigenvalue weighted by atomic mass is 10.2. The van der Waals surface area contributed by atoms with Crippen LogP contribution in [0.5, 0.6) is 11.5 Å². The monoisotopic (exact) mass is 438 g/mol. The molecule has 1 N–H and O–H groups in total. The molecule has 0 amide bonds. The molecule has 0 aliphatic rings. The molecule has 0 fully saturated rings. The van der Waals surface area contributed by atoms with Gasteiger partial charge >= 0.3 is 17.9 Å². The number of hydrogen-bond donors (Lipinski definition) is 1. The van der Waals surface area contributed by atoms with Crippen molar-refractivity contribution in [3.8, 4) is 11.5 Å². The number of carbonyl (C=O) groups excluding carboxylic acids is 1. The Labute approximate surface area is 168 Å². The van der Waals surface area contributed by atoms with Crippen LogP contribution in [0.25, 0.3) is 6.08 Å². The van der Waals surface area contributed by atoms with E-state index in [2.05, 4.69) is 0 Å². The molecule has 1 rings (SSSR count). The predicted octanol–water partition coefficient (Wildman–Crippen LogP) is 5.30. The van der Waals surface area contributed by atoms with E-state index in [9.17, 15) is 9.59 Å². The van der Waals surface area contributed by atoms with Gasteiger partial charge in [0.2, 0.25) is 0 Å². The first kappa shape index (κ1) is 22.8. The summed E-state index contributed by atoms with van der Waals surface area (Å²) in [4.78, 5) is 22.6. The largest absolute Gasteiger partial charge is 0.490 e. The minimum Gasteiger partial charge on any atom is -0.490 e. The fraction of sp³-hybridized carbons (Fsp3) is 0.412. The Morgan fingerprint density at radius 1 is 1.15 bits per heavy atom. The molecule has 0 saturated carbocycles. The number of esters is 1. The van der Waals surface area contributed by atoms with Crippen LogP contribution in [0, 0.1) is 0 Å². The molecule has 5 nitrogen and oxygen atoms in total. The molecule has 0 heterocycles. The summed E-state index contributed by atoms with van der Waals surface area (Å²) in [5, 5.41) is 8.68. The van der Waals surface area contributed by atoms with Crippen molar-refractivity contribution in [3.05, 3.63) is 29.8 Å². The normalized spacial score (nSPS) is 11.5. The molecule has 0 atom stereocenters. The number of benzene rings is 1. The molecule has 0 aromatic heterocycles. The summed E-state index contributed by atoms with van der Waals surface area (Å²) in [7, 11) is 0. The van der Waals surface area contributed by atoms with Gasteiger partial charge in [0.1, 0.15) is 0 Å². The average Bonchev–Trinajstić information content (AvgIpc) is 2.53. The number of carbonyl (C=O) groups is 2. The predicted molar refractivity (Wildman–Crippen MR) is 107 cm³/mol. The second kappa shape index (κ2) is 11.5. The highest BCUT2D eigenvalue weighted by Crippen LogP contribution is 2.30. The van der Waals surface area contributed by atoms with Crippen molar-refractivity contribution in [2.24, 2.45) is 0 Å². The second-order valence-corrected chi connectivity index (χ2v) is 14.7. The first-order chi connectivity index (χ1) is 12.2. The van der Waals surface area contributed by atoms with E-state index in [1.54, 1.807) is 25.1 Å². The van der Waals surface area contributed by atoms with Gasteiger partial charge in [0.15, 0.2) is 11.5 Å². The van der Waals surface area contributed by atoms with Crippen molar-refractivity contribution >= 4 is 57.3 Å². The first-order valence-corrected chi connectivity index (χ1v) is 13.4. The van der Waals surface area contributed by atoms with E-state index in [1.165, 1.54) is 6.08 Å². The number of carboxylic acid groups (broad SMARTS) is 1. The van der Waals surface area contributed by atoms with E-state index in [1.807, 2.05) is 0 Å². The molecule has 1 aromatic carbocycles. The van der Waals surface area contributed by atoms with Crippen molar-refractivity contribution in [1.29, 1.82) is 0 Å². The zero-order chi connectivity index (χ0) is 19.6. The average molecular weight is 440 g/mol. The maximum absolute atomic E-state index is 12.0. The molecule has 0 aliphatic heterocycles. The van der Waals surface area contributed by atoms with Crippen molar-refractivity contribution in [1.82, 2.24) is 0 Å². The SMILES string of the molecule is CCOc1cc(C=CC(=O)O)ccc1OC(=O)CCCCC[Si](Cl)(Cl)Cl. The van der Waals surface area contributed by atoms with Crippen LogP contribution in [-0.2, 0) is 9.59 Å². The van der Waals surface area contributed by atoms with Gasteiger partial charge in [-0.2, -0.15) is 0 Å². The van der Waals surface area contributed by atoms with Gasteiger partial charge in [-0.1, -0.05) is 18.9 Å². The van der Waals surface area contributed by atoms with E-state index in [0.717, 1.165) is 18.9 Å². The number of carboxylic acids is 1. The highest BCUT2D eigenvalue weighted by molar-refractivity contribution is 7.64. The number of hydrogen-bond acceptors (Lipinski definition) is 4. The third-order valence-electron chi connectivity index (χ3n) is 3.25. The van der Waals surface area contributed by atoms with Crippen LogP contribution in [0.15, 0.2) is 24.3 Å². The van der Waals surface area contributed by atoms with Gasteiger partial charge < -0.3 is 14.6 Å². The quantitative estimate of drug-likeness (QED) is 0.126. The standard InChI is InChI=1S/C17H21Cl3O5Si/c1-2-24-15-12-13(8-10-16(21)22)7-9-14(15)25-17(23)6-4-3-5-11-26(18,19)20/h7-10,12H,2-6,11H2,1H3,(H,21,22). The fourth-order valence-corrected chi connectivity index (χ4v) is 3.95. The third kappa shape index (κ3) is 10.1. The summed E-state index contributed by atoms with van der Waals surface area (Å²) in [6.45, 7) is 2.19. The zero-order valence-electron chi connectivity index (χ0n) is 14.3. The molecule has 0 bridgehead atoms. The Morgan fingerprint density at radius 2 is 1.88 bits per heavy atom. The summed E-state index contributed by atoms with van der Waals surface area (Å²) in [5.41, 5.74) is 0.631. The van der Waals surface area contributed by atoms with Crippen LogP contribution in [0.4, 0.5) is 0 Å². The minimum absolute atomic E-state index is 0.258. The molecule has 0 unspecified atom stereocenters. The molecule has 0 radical (unpaired) electrons. The lowest BCUT2D eigenvalue weighted by Crippen LogP contribution is -2.10. The van der Waals surface area contributed by atoms with Crippen molar-refractivity contribution in [2.45, 2.75) is 38.7 Å². The zero-order valence-corrected chi connectivity index (χ0v) is 17.6. The van der Waals surface area contributed by atoms with Crippen LogP contribution < -0.4 is 9.47 Å². The van der Waals surface area contributed by atoms with Gasteiger partial charge in [-0.3, -0.25) is 4.79 Å². The Balaban J connectivity index is 2.58. The Morgan fingerprint density at radius 3 is 2.50 bits per heavy atom. The van der Waals surface area contributed by atoms with Crippen LogP contribution in [0.3, 0.4) is 0 Å². The lowest BCUT2D eigenvalue weighted by Gasteiger charge is -2.11. The molecular formula is C17H21Cl3O5Si. The minimum atomic E-state index is -2.59. The molecule has 1 aromatic rings. The first-order valence-electron chi connectivity index (χ1n) is 8.16. The fourth-order valence-electron chi connectivity index (χ4n) is 2.09. The van der Waals surface area contributed by atoms with E-state index in [4.69, 9.17) is 47.8 Å².